The molecule has 53 heavy (non-hydrogen) atoms. The van der Waals surface area contributed by atoms with Gasteiger partial charge < -0.3 is 25.6 Å². The van der Waals surface area contributed by atoms with E-state index in [4.69, 9.17) is 4.74 Å². The highest BCUT2D eigenvalue weighted by molar-refractivity contribution is 6.17. The Kier molecular flexibility index (Phi) is 11.9. The van der Waals surface area contributed by atoms with Gasteiger partial charge in [0.25, 0.3) is 11.8 Å². The second kappa shape index (κ2) is 16.5. The number of hydrogen-bond acceptors (Lipinski definition) is 5. The van der Waals surface area contributed by atoms with E-state index in [0.717, 1.165) is 0 Å². The van der Waals surface area contributed by atoms with Crippen molar-refractivity contribution in [2.24, 2.45) is 0 Å². The Morgan fingerprint density at radius 1 is 0.453 bits per heavy atom. The van der Waals surface area contributed by atoms with Crippen LogP contribution < -0.4 is 15.4 Å². The third-order valence-electron chi connectivity index (χ3n) is 8.27. The number of anilines is 2. The van der Waals surface area contributed by atoms with Crippen LogP contribution in [0.4, 0.5) is 11.4 Å². The van der Waals surface area contributed by atoms with Gasteiger partial charge in [-0.15, -0.1) is 0 Å². The molecule has 2 amide bonds. The van der Waals surface area contributed by atoms with Crippen molar-refractivity contribution < 1.29 is 34.1 Å². The molecule has 4 aromatic carbocycles. The van der Waals surface area contributed by atoms with Gasteiger partial charge >= 0.3 is 11.9 Å². The van der Waals surface area contributed by atoms with Crippen molar-refractivity contribution in [3.8, 4) is 11.5 Å². The molecule has 9 heteroatoms. The van der Waals surface area contributed by atoms with Crippen LogP contribution in [-0.4, -0.2) is 34.0 Å². The quantitative estimate of drug-likeness (QED) is 0.0909. The second-order valence-corrected chi connectivity index (χ2v) is 11.1. The van der Waals surface area contributed by atoms with E-state index in [9.17, 15) is 29.4 Å². The first-order chi connectivity index (χ1) is 25.4. The zero-order valence-corrected chi connectivity index (χ0v) is 28.8. The SMILES string of the molecule is C=Cc1c(C=C)c(C=C)c(C(=O)Nc2ccc(Oc3cccc(NC(=O)c4c(C=C)c(C=C)c(C=C)c(C=C)c4C(=O)O)c3)cc2)c(C(=O)O)c1C=C. The van der Waals surface area contributed by atoms with E-state index in [1.807, 2.05) is 0 Å². The monoisotopic (exact) mass is 704 g/mol. The second-order valence-electron chi connectivity index (χ2n) is 11.1. The molecular weight excluding hydrogens is 668 g/mol. The minimum atomic E-state index is -1.33. The zero-order chi connectivity index (χ0) is 39.0. The number of nitrogens with one attached hydrogen (secondary N) is 2. The molecule has 0 spiro atoms. The van der Waals surface area contributed by atoms with Gasteiger partial charge in [-0.25, -0.2) is 9.59 Å². The molecule has 0 bridgehead atoms. The average molecular weight is 705 g/mol. The molecule has 0 radical (unpaired) electrons. The van der Waals surface area contributed by atoms with Gasteiger partial charge in [0.15, 0.2) is 0 Å². The van der Waals surface area contributed by atoms with Gasteiger partial charge in [0.1, 0.15) is 11.5 Å². The Morgan fingerprint density at radius 3 is 1.17 bits per heavy atom. The molecular formula is C44H36N2O7. The number of carbonyl (C=O) groups excluding carboxylic acids is 2. The van der Waals surface area contributed by atoms with Crippen molar-refractivity contribution in [1.29, 1.82) is 0 Å². The first-order valence-electron chi connectivity index (χ1n) is 15.9. The third-order valence-corrected chi connectivity index (χ3v) is 8.27. The topological polar surface area (TPSA) is 142 Å². The van der Waals surface area contributed by atoms with E-state index < -0.39 is 23.8 Å². The number of carbonyl (C=O) groups is 4. The van der Waals surface area contributed by atoms with Crippen LogP contribution in [-0.2, 0) is 0 Å². The van der Waals surface area contributed by atoms with Crippen molar-refractivity contribution in [2.75, 3.05) is 10.6 Å². The van der Waals surface area contributed by atoms with Gasteiger partial charge in [-0.1, -0.05) is 107 Å². The van der Waals surface area contributed by atoms with E-state index in [1.54, 1.807) is 48.5 Å². The summed E-state index contributed by atoms with van der Waals surface area (Å²) in [6, 6.07) is 12.8. The van der Waals surface area contributed by atoms with Crippen LogP contribution in [0.1, 0.15) is 85.9 Å². The predicted octanol–water partition coefficient (Wildman–Crippen LogP) is 10.5. The van der Waals surface area contributed by atoms with Gasteiger partial charge in [-0.05, 0) is 80.9 Å². The minimum absolute atomic E-state index is 0.115. The molecule has 9 nitrogen and oxygen atoms in total. The number of rotatable bonds is 16. The smallest absolute Gasteiger partial charge is 0.337 e. The van der Waals surface area contributed by atoms with Crippen LogP contribution >= 0.6 is 0 Å². The fourth-order valence-electron chi connectivity index (χ4n) is 6.07. The van der Waals surface area contributed by atoms with Crippen molar-refractivity contribution >= 4 is 83.7 Å². The number of hydrogen-bond donors (Lipinski definition) is 4. The third kappa shape index (κ3) is 7.35. The highest BCUT2D eigenvalue weighted by Gasteiger charge is 2.29. The lowest BCUT2D eigenvalue weighted by molar-refractivity contribution is 0.0683. The molecule has 0 unspecified atom stereocenters. The van der Waals surface area contributed by atoms with Gasteiger partial charge in [0.05, 0.1) is 22.3 Å². The van der Waals surface area contributed by atoms with Crippen molar-refractivity contribution in [1.82, 2.24) is 0 Å². The molecule has 4 N–H and O–H groups in total. The molecule has 0 aromatic heterocycles. The number of aromatic carboxylic acids is 2. The molecule has 0 aliphatic carbocycles. The maximum atomic E-state index is 13.7. The first kappa shape index (κ1) is 38.3. The molecule has 0 aliphatic heterocycles. The Hall–Kier alpha value is -7.52. The van der Waals surface area contributed by atoms with Crippen LogP contribution in [0.5, 0.6) is 11.5 Å². The van der Waals surface area contributed by atoms with Crippen molar-refractivity contribution in [3.05, 3.63) is 168 Å². The number of carboxylic acid groups (broad SMARTS) is 2. The lowest BCUT2D eigenvalue weighted by Gasteiger charge is -2.19. The molecule has 0 fully saturated rings. The highest BCUT2D eigenvalue weighted by Crippen LogP contribution is 2.35. The molecule has 0 saturated carbocycles. The standard InChI is InChI=1S/C44H36N2O7/c1-9-29-31(11-3)35(15-7)39(43(49)50)37(33(29)13-5)41(47)45-25-20-22-27(23-21-25)53-28-19-17-18-26(24-28)46-42(48)38-34(14-6)30(10-2)32(12-4)36(16-8)40(38)44(51)52/h9-24H,1-8H2,(H,45,47)(H,46,48)(H,49,50)(H,51,52). The van der Waals surface area contributed by atoms with Gasteiger partial charge in [-0.2, -0.15) is 0 Å². The summed E-state index contributed by atoms with van der Waals surface area (Å²) in [6.07, 6.45) is 11.4. The van der Waals surface area contributed by atoms with Crippen LogP contribution in [0.2, 0.25) is 0 Å². The fourth-order valence-corrected chi connectivity index (χ4v) is 6.07. The van der Waals surface area contributed by atoms with Gasteiger partial charge in [0.2, 0.25) is 0 Å². The van der Waals surface area contributed by atoms with Crippen LogP contribution in [0, 0.1) is 0 Å². The Balaban J connectivity index is 1.62. The van der Waals surface area contributed by atoms with Crippen LogP contribution in [0.15, 0.2) is 101 Å². The Labute approximate surface area is 307 Å². The average Bonchev–Trinajstić information content (AvgIpc) is 3.15. The minimum Gasteiger partial charge on any atom is -0.478 e. The van der Waals surface area contributed by atoms with Crippen molar-refractivity contribution in [3.63, 3.8) is 0 Å². The summed E-state index contributed by atoms with van der Waals surface area (Å²) < 4.78 is 6.00. The van der Waals surface area contributed by atoms with Gasteiger partial charge in [-0.3, -0.25) is 9.59 Å². The Bertz CT molecular complexity index is 2290. The van der Waals surface area contributed by atoms with E-state index in [-0.39, 0.29) is 44.5 Å². The summed E-state index contributed by atoms with van der Waals surface area (Å²) in [5, 5.41) is 25.7. The van der Waals surface area contributed by atoms with Crippen LogP contribution in [0.25, 0.3) is 48.6 Å². The lowest BCUT2D eigenvalue weighted by Crippen LogP contribution is -2.21. The largest absolute Gasteiger partial charge is 0.478 e. The fraction of sp³-hybridized carbons (Fsp3) is 0. The molecule has 4 aromatic rings. The van der Waals surface area contributed by atoms with E-state index in [2.05, 4.69) is 63.3 Å². The van der Waals surface area contributed by atoms with Crippen molar-refractivity contribution in [2.45, 2.75) is 0 Å². The number of ether oxygens (including phenoxy) is 1. The van der Waals surface area contributed by atoms with E-state index in [0.29, 0.717) is 45.1 Å². The van der Waals surface area contributed by atoms with E-state index >= 15 is 0 Å². The number of amides is 2. The summed E-state index contributed by atoms with van der Waals surface area (Å²) in [7, 11) is 0. The Morgan fingerprint density at radius 2 is 0.811 bits per heavy atom. The zero-order valence-electron chi connectivity index (χ0n) is 28.8. The first-order valence-corrected chi connectivity index (χ1v) is 15.9. The lowest BCUT2D eigenvalue weighted by atomic mass is 9.85. The summed E-state index contributed by atoms with van der Waals surface area (Å²) in [5.74, 6) is -3.36. The summed E-state index contributed by atoms with van der Waals surface area (Å²) >= 11 is 0. The molecule has 264 valence electrons. The van der Waals surface area contributed by atoms with Crippen LogP contribution in [0.3, 0.4) is 0 Å². The molecule has 0 heterocycles. The maximum absolute atomic E-state index is 13.7. The van der Waals surface area contributed by atoms with E-state index in [1.165, 1.54) is 48.6 Å². The molecule has 0 atom stereocenters. The highest BCUT2D eigenvalue weighted by atomic mass is 16.5. The van der Waals surface area contributed by atoms with Gasteiger partial charge in [0, 0.05) is 17.4 Å². The summed E-state index contributed by atoms with van der Waals surface area (Å²) in [5.41, 5.74) is 2.76. The molecule has 0 aliphatic rings. The summed E-state index contributed by atoms with van der Waals surface area (Å²) in [6.45, 7) is 30.3. The molecule has 0 saturated heterocycles. The summed E-state index contributed by atoms with van der Waals surface area (Å²) in [4.78, 5) is 52.2. The predicted molar refractivity (Wildman–Crippen MR) is 216 cm³/mol. The molecule has 4 rings (SSSR count). The normalized spacial score (nSPS) is 10.2. The maximum Gasteiger partial charge on any atom is 0.337 e. The number of carboxylic acids is 2. The number of benzene rings is 4.